The standard InChI is InChI=1S/C39H53N5O4/c1-27-15-17-28(18-16-27)19-22-35(45)43-39(23-9-10-24-39)38(48)42-33(25-29-11-5-4-6-12-29)37(47)40-31-21-20-30(26-31)36(46)41-32-13-7-8-14-34(32)44(2)3/h4-6,11-12,15-19,22,30-34H,7-10,13-14,20-21,23-26H2,1-3H3,(H,40,47)(H,41,46)(H,42,48)(H,43,45)/b22-19+/t30-,31+,32+,33-,34+/m1/s1. The molecule has 4 N–H and O–H groups in total. The molecule has 3 saturated carbocycles. The molecular formula is C39H53N5O4. The minimum Gasteiger partial charge on any atom is -0.352 e. The number of nitrogens with one attached hydrogen (secondary N) is 4. The van der Waals surface area contributed by atoms with E-state index >= 15 is 0 Å². The van der Waals surface area contributed by atoms with Crippen LogP contribution in [0.25, 0.3) is 6.08 Å². The maximum Gasteiger partial charge on any atom is 0.246 e. The van der Waals surface area contributed by atoms with Crippen LogP contribution in [0.2, 0.25) is 0 Å². The Morgan fingerprint density at radius 2 is 1.58 bits per heavy atom. The Kier molecular flexibility index (Phi) is 12.1. The molecule has 0 spiro atoms. The van der Waals surface area contributed by atoms with E-state index in [0.717, 1.165) is 55.2 Å². The minimum absolute atomic E-state index is 0.0787. The van der Waals surface area contributed by atoms with Crippen LogP contribution < -0.4 is 21.3 Å². The lowest BCUT2D eigenvalue weighted by molar-refractivity contribution is -0.135. The van der Waals surface area contributed by atoms with Gasteiger partial charge in [-0.1, -0.05) is 85.8 Å². The van der Waals surface area contributed by atoms with Crippen molar-refractivity contribution in [2.24, 2.45) is 5.92 Å². The molecule has 3 aliphatic rings. The van der Waals surface area contributed by atoms with Crippen LogP contribution in [-0.2, 0) is 25.6 Å². The van der Waals surface area contributed by atoms with Crippen molar-refractivity contribution in [1.82, 2.24) is 26.2 Å². The smallest absolute Gasteiger partial charge is 0.246 e. The molecule has 0 unspecified atom stereocenters. The van der Waals surface area contributed by atoms with Crippen LogP contribution in [-0.4, -0.2) is 72.3 Å². The molecule has 5 atom stereocenters. The van der Waals surface area contributed by atoms with E-state index in [2.05, 4.69) is 40.3 Å². The Labute approximate surface area is 285 Å². The van der Waals surface area contributed by atoms with E-state index in [-0.39, 0.29) is 41.6 Å². The number of aryl methyl sites for hydroxylation is 1. The Hall–Kier alpha value is -3.98. The van der Waals surface area contributed by atoms with E-state index in [1.807, 2.05) is 61.5 Å². The highest BCUT2D eigenvalue weighted by atomic mass is 16.2. The summed E-state index contributed by atoms with van der Waals surface area (Å²) >= 11 is 0. The number of nitrogens with zero attached hydrogens (tertiary/aromatic N) is 1. The van der Waals surface area contributed by atoms with Crippen molar-refractivity contribution in [2.45, 2.75) is 114 Å². The molecule has 258 valence electrons. The number of rotatable bonds is 12. The molecule has 2 aromatic rings. The number of hydrogen-bond donors (Lipinski definition) is 4. The fourth-order valence-electron chi connectivity index (χ4n) is 7.72. The molecule has 3 aliphatic carbocycles. The molecule has 3 fully saturated rings. The maximum absolute atomic E-state index is 14.0. The summed E-state index contributed by atoms with van der Waals surface area (Å²) in [4.78, 5) is 56.4. The quantitative estimate of drug-likeness (QED) is 0.252. The number of benzene rings is 2. The van der Waals surface area contributed by atoms with Crippen molar-refractivity contribution in [3.63, 3.8) is 0 Å². The largest absolute Gasteiger partial charge is 0.352 e. The predicted molar refractivity (Wildman–Crippen MR) is 189 cm³/mol. The zero-order valence-corrected chi connectivity index (χ0v) is 28.8. The third kappa shape index (κ3) is 9.34. The summed E-state index contributed by atoms with van der Waals surface area (Å²) < 4.78 is 0. The second-order valence-corrected chi connectivity index (χ2v) is 14.4. The van der Waals surface area contributed by atoms with Gasteiger partial charge in [-0.05, 0) is 83.2 Å². The van der Waals surface area contributed by atoms with Crippen LogP contribution >= 0.6 is 0 Å². The average molecular weight is 656 g/mol. The Bertz CT molecular complexity index is 1430. The second kappa shape index (κ2) is 16.4. The lowest BCUT2D eigenvalue weighted by Crippen LogP contribution is -2.61. The van der Waals surface area contributed by atoms with Crippen LogP contribution in [0.1, 0.15) is 87.3 Å². The summed E-state index contributed by atoms with van der Waals surface area (Å²) in [5.41, 5.74) is 1.89. The molecule has 48 heavy (non-hydrogen) atoms. The lowest BCUT2D eigenvalue weighted by Gasteiger charge is -2.37. The molecule has 0 aromatic heterocycles. The van der Waals surface area contributed by atoms with Gasteiger partial charge in [-0.15, -0.1) is 0 Å². The van der Waals surface area contributed by atoms with E-state index in [1.165, 1.54) is 12.5 Å². The summed E-state index contributed by atoms with van der Waals surface area (Å²) in [6, 6.07) is 17.0. The lowest BCUT2D eigenvalue weighted by atomic mass is 9.89. The number of likely N-dealkylation sites (N-methyl/N-ethyl adjacent to an activating group) is 1. The van der Waals surface area contributed by atoms with E-state index in [1.54, 1.807) is 6.08 Å². The maximum atomic E-state index is 14.0. The Morgan fingerprint density at radius 3 is 2.29 bits per heavy atom. The highest BCUT2D eigenvalue weighted by molar-refractivity contribution is 5.99. The van der Waals surface area contributed by atoms with Crippen LogP contribution in [0, 0.1) is 12.8 Å². The molecule has 0 aliphatic heterocycles. The molecule has 4 amide bonds. The van der Waals surface area contributed by atoms with E-state index in [0.29, 0.717) is 38.1 Å². The molecule has 0 heterocycles. The summed E-state index contributed by atoms with van der Waals surface area (Å²) in [7, 11) is 4.15. The first-order valence-corrected chi connectivity index (χ1v) is 17.8. The van der Waals surface area contributed by atoms with Crippen molar-refractivity contribution in [2.75, 3.05) is 14.1 Å². The topological polar surface area (TPSA) is 120 Å². The van der Waals surface area contributed by atoms with Gasteiger partial charge < -0.3 is 26.2 Å². The van der Waals surface area contributed by atoms with Gasteiger partial charge >= 0.3 is 0 Å². The van der Waals surface area contributed by atoms with Gasteiger partial charge in [-0.3, -0.25) is 19.2 Å². The van der Waals surface area contributed by atoms with Gasteiger partial charge in [0.15, 0.2) is 0 Å². The Morgan fingerprint density at radius 1 is 0.875 bits per heavy atom. The first kappa shape index (κ1) is 35.3. The highest BCUT2D eigenvalue weighted by Crippen LogP contribution is 2.31. The van der Waals surface area contributed by atoms with Crippen LogP contribution in [0.4, 0.5) is 0 Å². The third-order valence-corrected chi connectivity index (χ3v) is 10.5. The molecule has 2 aromatic carbocycles. The van der Waals surface area contributed by atoms with Crippen molar-refractivity contribution in [3.8, 4) is 0 Å². The summed E-state index contributed by atoms with van der Waals surface area (Å²) in [6.45, 7) is 2.01. The summed E-state index contributed by atoms with van der Waals surface area (Å²) in [6.07, 6.45) is 12.6. The van der Waals surface area contributed by atoms with E-state index in [9.17, 15) is 19.2 Å². The predicted octanol–water partition coefficient (Wildman–Crippen LogP) is 4.44. The van der Waals surface area contributed by atoms with Gasteiger partial charge in [0, 0.05) is 36.5 Å². The Balaban J connectivity index is 1.22. The monoisotopic (exact) mass is 655 g/mol. The van der Waals surface area contributed by atoms with Crippen molar-refractivity contribution in [3.05, 3.63) is 77.4 Å². The van der Waals surface area contributed by atoms with E-state index < -0.39 is 11.6 Å². The summed E-state index contributed by atoms with van der Waals surface area (Å²) in [5.74, 6) is -1.00. The fourth-order valence-corrected chi connectivity index (χ4v) is 7.72. The zero-order valence-electron chi connectivity index (χ0n) is 28.8. The van der Waals surface area contributed by atoms with Gasteiger partial charge in [0.05, 0.1) is 0 Å². The van der Waals surface area contributed by atoms with Crippen molar-refractivity contribution >= 4 is 29.7 Å². The van der Waals surface area contributed by atoms with Gasteiger partial charge in [0.2, 0.25) is 23.6 Å². The van der Waals surface area contributed by atoms with Crippen LogP contribution in [0.5, 0.6) is 0 Å². The molecule has 0 saturated heterocycles. The third-order valence-electron chi connectivity index (χ3n) is 10.5. The molecular weight excluding hydrogens is 602 g/mol. The van der Waals surface area contributed by atoms with E-state index in [4.69, 9.17) is 0 Å². The number of carbonyl (C=O) groups is 4. The number of carbonyl (C=O) groups excluding carboxylic acids is 4. The average Bonchev–Trinajstić information content (AvgIpc) is 3.75. The molecule has 9 heteroatoms. The van der Waals surface area contributed by atoms with Crippen LogP contribution in [0.15, 0.2) is 60.7 Å². The van der Waals surface area contributed by atoms with Gasteiger partial charge in [0.1, 0.15) is 11.6 Å². The first-order valence-electron chi connectivity index (χ1n) is 17.8. The molecule has 0 radical (unpaired) electrons. The fraction of sp³-hybridized carbons (Fsp3) is 0.538. The normalized spacial score (nSPS) is 24.2. The molecule has 9 nitrogen and oxygen atoms in total. The number of hydrogen-bond acceptors (Lipinski definition) is 5. The number of amides is 4. The van der Waals surface area contributed by atoms with Gasteiger partial charge in [0.25, 0.3) is 0 Å². The highest BCUT2D eigenvalue weighted by Gasteiger charge is 2.44. The minimum atomic E-state index is -1.08. The van der Waals surface area contributed by atoms with Gasteiger partial charge in [-0.25, -0.2) is 0 Å². The second-order valence-electron chi connectivity index (χ2n) is 14.4. The van der Waals surface area contributed by atoms with Crippen molar-refractivity contribution < 1.29 is 19.2 Å². The van der Waals surface area contributed by atoms with Crippen molar-refractivity contribution in [1.29, 1.82) is 0 Å². The SMILES string of the molecule is Cc1ccc(/C=C/C(=O)NC2(C(=O)N[C@H](Cc3ccccc3)C(=O)N[C@H]3CC[C@@H](C(=O)N[C@H]4CCCC[C@@H]4N(C)C)C3)CCCC2)cc1. The zero-order chi connectivity index (χ0) is 34.1. The summed E-state index contributed by atoms with van der Waals surface area (Å²) in [5, 5.41) is 12.5. The molecule has 5 rings (SSSR count). The first-order chi connectivity index (χ1) is 23.1. The molecule has 0 bridgehead atoms. The van der Waals surface area contributed by atoms with Gasteiger partial charge in [-0.2, -0.15) is 0 Å². The van der Waals surface area contributed by atoms with Crippen LogP contribution in [0.3, 0.4) is 0 Å².